The summed E-state index contributed by atoms with van der Waals surface area (Å²) in [6.07, 6.45) is 12.3. The van der Waals surface area contributed by atoms with E-state index in [2.05, 4.69) is 25.2 Å². The monoisotopic (exact) mass is 251 g/mol. The number of rotatable bonds is 4. The first-order valence-electron chi connectivity index (χ1n) is 7.87. The zero-order valence-electron chi connectivity index (χ0n) is 12.1. The van der Waals surface area contributed by atoms with E-state index in [-0.39, 0.29) is 0 Å². The van der Waals surface area contributed by atoms with Gasteiger partial charge in [0, 0.05) is 18.6 Å². The van der Waals surface area contributed by atoms with E-state index in [4.69, 9.17) is 4.74 Å². The van der Waals surface area contributed by atoms with Gasteiger partial charge in [0.25, 0.3) is 0 Å². The number of ether oxygens (including phenoxy) is 1. The quantitative estimate of drug-likeness (QED) is 0.770. The molecule has 0 radical (unpaired) electrons. The van der Waals surface area contributed by atoms with Crippen LogP contribution in [0.25, 0.3) is 0 Å². The van der Waals surface area contributed by atoms with Crippen molar-refractivity contribution in [1.29, 1.82) is 0 Å². The van der Waals surface area contributed by atoms with Crippen molar-refractivity contribution in [3.8, 4) is 0 Å². The Morgan fingerprint density at radius 1 is 1.33 bits per heavy atom. The summed E-state index contributed by atoms with van der Waals surface area (Å²) < 4.78 is 5.77. The highest BCUT2D eigenvalue weighted by Gasteiger charge is 2.33. The van der Waals surface area contributed by atoms with E-state index >= 15 is 0 Å². The SMILES string of the molecule is CCNC(C1=CCCCCCC1)C1CCOC1C. The molecular weight excluding hydrogens is 222 g/mol. The molecule has 1 saturated heterocycles. The molecule has 0 aromatic carbocycles. The second-order valence-corrected chi connectivity index (χ2v) is 5.80. The molecule has 1 heterocycles. The van der Waals surface area contributed by atoms with Gasteiger partial charge in [0.05, 0.1) is 6.10 Å². The molecule has 3 unspecified atom stereocenters. The lowest BCUT2D eigenvalue weighted by atomic mass is 9.84. The van der Waals surface area contributed by atoms with Crippen LogP contribution in [0, 0.1) is 5.92 Å². The Balaban J connectivity index is 2.06. The summed E-state index contributed by atoms with van der Waals surface area (Å²) in [7, 11) is 0. The van der Waals surface area contributed by atoms with Crippen LogP contribution in [0.15, 0.2) is 11.6 Å². The number of likely N-dealkylation sites (N-methyl/N-ethyl adjacent to an activating group) is 1. The largest absolute Gasteiger partial charge is 0.378 e. The minimum absolute atomic E-state index is 0.417. The van der Waals surface area contributed by atoms with E-state index in [1.54, 1.807) is 5.57 Å². The molecule has 2 aliphatic rings. The normalized spacial score (nSPS) is 31.6. The summed E-state index contributed by atoms with van der Waals surface area (Å²) in [6, 6.07) is 0.561. The molecular formula is C16H29NO. The predicted octanol–water partition coefficient (Wildman–Crippen LogP) is 3.67. The fourth-order valence-corrected chi connectivity index (χ4v) is 3.46. The topological polar surface area (TPSA) is 21.3 Å². The number of hydrogen-bond acceptors (Lipinski definition) is 2. The van der Waals surface area contributed by atoms with Crippen molar-refractivity contribution in [3.63, 3.8) is 0 Å². The van der Waals surface area contributed by atoms with E-state index < -0.39 is 0 Å². The first-order valence-corrected chi connectivity index (χ1v) is 7.87. The molecule has 104 valence electrons. The van der Waals surface area contributed by atoms with Crippen molar-refractivity contribution in [2.24, 2.45) is 5.92 Å². The van der Waals surface area contributed by atoms with Crippen LogP contribution in [0.5, 0.6) is 0 Å². The second kappa shape index (κ2) is 7.30. The summed E-state index contributed by atoms with van der Waals surface area (Å²) in [5.41, 5.74) is 1.67. The Kier molecular flexibility index (Phi) is 5.71. The Labute approximate surface area is 112 Å². The molecule has 3 atom stereocenters. The van der Waals surface area contributed by atoms with Crippen LogP contribution in [-0.4, -0.2) is 25.3 Å². The average molecular weight is 251 g/mol. The molecule has 1 N–H and O–H groups in total. The first-order chi connectivity index (χ1) is 8.83. The molecule has 1 aliphatic carbocycles. The molecule has 1 aliphatic heterocycles. The maximum atomic E-state index is 5.77. The third-order valence-electron chi connectivity index (χ3n) is 4.51. The number of nitrogens with one attached hydrogen (secondary N) is 1. The van der Waals surface area contributed by atoms with E-state index in [0.29, 0.717) is 18.1 Å². The van der Waals surface area contributed by atoms with Gasteiger partial charge in [0.15, 0.2) is 0 Å². The molecule has 0 amide bonds. The minimum atomic E-state index is 0.417. The lowest BCUT2D eigenvalue weighted by molar-refractivity contribution is 0.0986. The van der Waals surface area contributed by atoms with E-state index in [1.165, 1.54) is 44.9 Å². The highest BCUT2D eigenvalue weighted by Crippen LogP contribution is 2.31. The van der Waals surface area contributed by atoms with Crippen molar-refractivity contribution in [2.75, 3.05) is 13.2 Å². The van der Waals surface area contributed by atoms with Gasteiger partial charge in [-0.25, -0.2) is 0 Å². The molecule has 2 nitrogen and oxygen atoms in total. The van der Waals surface area contributed by atoms with Gasteiger partial charge in [-0.1, -0.05) is 31.4 Å². The van der Waals surface area contributed by atoms with Crippen LogP contribution in [0.4, 0.5) is 0 Å². The highest BCUT2D eigenvalue weighted by atomic mass is 16.5. The lowest BCUT2D eigenvalue weighted by Crippen LogP contribution is -2.40. The molecule has 0 aromatic heterocycles. The smallest absolute Gasteiger partial charge is 0.0594 e. The fraction of sp³-hybridized carbons (Fsp3) is 0.875. The summed E-state index contributed by atoms with van der Waals surface area (Å²) in [5.74, 6) is 0.677. The third-order valence-corrected chi connectivity index (χ3v) is 4.51. The third kappa shape index (κ3) is 3.58. The maximum absolute atomic E-state index is 5.77. The first kappa shape index (κ1) is 14.1. The van der Waals surface area contributed by atoms with Gasteiger partial charge in [0.2, 0.25) is 0 Å². The lowest BCUT2D eigenvalue weighted by Gasteiger charge is -2.30. The molecule has 0 spiro atoms. The van der Waals surface area contributed by atoms with Crippen molar-refractivity contribution in [1.82, 2.24) is 5.32 Å². The van der Waals surface area contributed by atoms with Crippen LogP contribution < -0.4 is 5.32 Å². The average Bonchev–Trinajstić information content (AvgIpc) is 2.73. The zero-order chi connectivity index (χ0) is 12.8. The Morgan fingerprint density at radius 2 is 2.17 bits per heavy atom. The molecule has 18 heavy (non-hydrogen) atoms. The summed E-state index contributed by atoms with van der Waals surface area (Å²) in [4.78, 5) is 0. The van der Waals surface area contributed by atoms with Crippen LogP contribution >= 0.6 is 0 Å². The van der Waals surface area contributed by atoms with Crippen molar-refractivity contribution < 1.29 is 4.74 Å². The molecule has 2 rings (SSSR count). The van der Waals surface area contributed by atoms with Gasteiger partial charge in [-0.2, -0.15) is 0 Å². The molecule has 1 fully saturated rings. The summed E-state index contributed by atoms with van der Waals surface area (Å²) >= 11 is 0. The van der Waals surface area contributed by atoms with Crippen LogP contribution in [0.3, 0.4) is 0 Å². The van der Waals surface area contributed by atoms with Gasteiger partial charge in [-0.3, -0.25) is 0 Å². The van der Waals surface area contributed by atoms with Gasteiger partial charge in [0.1, 0.15) is 0 Å². The van der Waals surface area contributed by atoms with E-state index in [9.17, 15) is 0 Å². The second-order valence-electron chi connectivity index (χ2n) is 5.80. The summed E-state index contributed by atoms with van der Waals surface area (Å²) in [5, 5.41) is 3.72. The van der Waals surface area contributed by atoms with Gasteiger partial charge >= 0.3 is 0 Å². The Hall–Kier alpha value is -0.340. The number of hydrogen-bond donors (Lipinski definition) is 1. The molecule has 0 aromatic rings. The van der Waals surface area contributed by atoms with Crippen LogP contribution in [-0.2, 0) is 4.74 Å². The van der Waals surface area contributed by atoms with Crippen molar-refractivity contribution in [2.45, 2.75) is 70.9 Å². The molecule has 2 heteroatoms. The van der Waals surface area contributed by atoms with Crippen LogP contribution in [0.1, 0.15) is 58.8 Å². The predicted molar refractivity (Wildman–Crippen MR) is 76.8 cm³/mol. The standard InChI is InChI=1S/C16H29NO/c1-3-17-16(15-11-12-18-13(15)2)14-9-7-5-4-6-8-10-14/h9,13,15-17H,3-8,10-12H2,1-2H3. The van der Waals surface area contributed by atoms with Crippen LogP contribution in [0.2, 0.25) is 0 Å². The fourth-order valence-electron chi connectivity index (χ4n) is 3.46. The molecule has 0 saturated carbocycles. The molecule has 0 bridgehead atoms. The number of allylic oxidation sites excluding steroid dienone is 1. The minimum Gasteiger partial charge on any atom is -0.378 e. The summed E-state index contributed by atoms with van der Waals surface area (Å²) in [6.45, 7) is 6.47. The van der Waals surface area contributed by atoms with E-state index in [0.717, 1.165) is 13.2 Å². The van der Waals surface area contributed by atoms with Gasteiger partial charge < -0.3 is 10.1 Å². The maximum Gasteiger partial charge on any atom is 0.0594 e. The Morgan fingerprint density at radius 3 is 2.89 bits per heavy atom. The van der Waals surface area contributed by atoms with Crippen molar-refractivity contribution in [3.05, 3.63) is 11.6 Å². The van der Waals surface area contributed by atoms with Gasteiger partial charge in [-0.15, -0.1) is 0 Å². The highest BCUT2D eigenvalue weighted by molar-refractivity contribution is 5.14. The zero-order valence-corrected chi connectivity index (χ0v) is 12.1. The Bertz CT molecular complexity index is 274. The van der Waals surface area contributed by atoms with E-state index in [1.807, 2.05) is 0 Å². The van der Waals surface area contributed by atoms with Crippen molar-refractivity contribution >= 4 is 0 Å². The van der Waals surface area contributed by atoms with Gasteiger partial charge in [-0.05, 0) is 45.6 Å².